The fourth-order valence-corrected chi connectivity index (χ4v) is 3.70. The lowest BCUT2D eigenvalue weighted by atomic mass is 9.83. The molecule has 88 valence electrons. The van der Waals surface area contributed by atoms with Crippen LogP contribution in [0.3, 0.4) is 0 Å². The van der Waals surface area contributed by atoms with Crippen LogP contribution in [0.5, 0.6) is 0 Å². The first-order valence-electron chi connectivity index (χ1n) is 6.50. The number of nitrogens with one attached hydrogen (secondary N) is 1. The topological polar surface area (TPSA) is 26.0 Å². The standard InChI is InChI=1S/C14H16N2O/c1-2-4-11(5-3-1)13-8-14(17-15-13)10-16-7-6-12(14)9-16/h1-5,12H,6-10H2/p+1. The average Bonchev–Trinajstić information content (AvgIpc) is 3.06. The summed E-state index contributed by atoms with van der Waals surface area (Å²) >= 11 is 0. The monoisotopic (exact) mass is 229 g/mol. The molecule has 17 heavy (non-hydrogen) atoms. The minimum Gasteiger partial charge on any atom is -0.382 e. The van der Waals surface area contributed by atoms with Gasteiger partial charge in [-0.3, -0.25) is 0 Å². The maximum Gasteiger partial charge on any atom is 0.199 e. The highest BCUT2D eigenvalue weighted by molar-refractivity contribution is 6.01. The Kier molecular flexibility index (Phi) is 1.89. The molecule has 2 saturated heterocycles. The number of oxime groups is 1. The van der Waals surface area contributed by atoms with Gasteiger partial charge in [0.2, 0.25) is 0 Å². The van der Waals surface area contributed by atoms with Crippen LogP contribution in [0.25, 0.3) is 0 Å². The Hall–Kier alpha value is -1.35. The number of hydrogen-bond acceptors (Lipinski definition) is 2. The molecule has 2 fully saturated rings. The minimum absolute atomic E-state index is 0.0404. The van der Waals surface area contributed by atoms with Gasteiger partial charge in [0.1, 0.15) is 6.54 Å². The number of hydrogen-bond donors (Lipinski definition) is 1. The van der Waals surface area contributed by atoms with Gasteiger partial charge in [0.05, 0.1) is 24.7 Å². The van der Waals surface area contributed by atoms with E-state index in [2.05, 4.69) is 29.4 Å². The number of quaternary nitrogens is 1. The first-order valence-corrected chi connectivity index (χ1v) is 6.50. The number of piperidine rings is 1. The number of nitrogens with zero attached hydrogens (tertiary/aromatic N) is 1. The molecule has 3 aliphatic heterocycles. The van der Waals surface area contributed by atoms with Gasteiger partial charge in [0.15, 0.2) is 5.60 Å². The Morgan fingerprint density at radius 1 is 1.29 bits per heavy atom. The summed E-state index contributed by atoms with van der Waals surface area (Å²) in [5.41, 5.74) is 2.40. The number of rotatable bonds is 1. The zero-order chi connectivity index (χ0) is 11.3. The van der Waals surface area contributed by atoms with Crippen LogP contribution < -0.4 is 4.90 Å². The minimum atomic E-state index is 0.0404. The quantitative estimate of drug-likeness (QED) is 0.744. The third-order valence-electron chi connectivity index (χ3n) is 4.59. The van der Waals surface area contributed by atoms with Crippen LogP contribution >= 0.6 is 0 Å². The molecule has 3 aliphatic rings. The van der Waals surface area contributed by atoms with Gasteiger partial charge in [-0.05, 0) is 5.56 Å². The van der Waals surface area contributed by atoms with E-state index in [1.807, 2.05) is 6.07 Å². The van der Waals surface area contributed by atoms with Crippen LogP contribution in [0.1, 0.15) is 18.4 Å². The highest BCUT2D eigenvalue weighted by Crippen LogP contribution is 2.38. The summed E-state index contributed by atoms with van der Waals surface area (Å²) in [6, 6.07) is 10.4. The van der Waals surface area contributed by atoms with E-state index in [1.54, 1.807) is 4.90 Å². The van der Waals surface area contributed by atoms with E-state index in [0.29, 0.717) is 0 Å². The van der Waals surface area contributed by atoms with E-state index in [4.69, 9.17) is 4.84 Å². The summed E-state index contributed by atoms with van der Waals surface area (Å²) in [5, 5.41) is 4.36. The van der Waals surface area contributed by atoms with Crippen LogP contribution in [-0.4, -0.2) is 30.9 Å². The summed E-state index contributed by atoms with van der Waals surface area (Å²) in [6.45, 7) is 3.77. The van der Waals surface area contributed by atoms with Crippen molar-refractivity contribution in [2.24, 2.45) is 11.1 Å². The van der Waals surface area contributed by atoms with Gasteiger partial charge in [-0.1, -0.05) is 35.5 Å². The third-order valence-corrected chi connectivity index (χ3v) is 4.59. The fraction of sp³-hybridized carbons (Fsp3) is 0.500. The first kappa shape index (κ1) is 9.66. The Morgan fingerprint density at radius 3 is 2.88 bits per heavy atom. The molecule has 3 heteroatoms. The highest BCUT2D eigenvalue weighted by atomic mass is 16.7. The van der Waals surface area contributed by atoms with Crippen LogP contribution in [0, 0.1) is 5.92 Å². The molecule has 1 N–H and O–H groups in total. The molecule has 0 saturated carbocycles. The Bertz CT molecular complexity index is 470. The van der Waals surface area contributed by atoms with Crippen LogP contribution in [-0.2, 0) is 4.84 Å². The summed E-state index contributed by atoms with van der Waals surface area (Å²) in [5.74, 6) is 0.725. The average molecular weight is 229 g/mol. The summed E-state index contributed by atoms with van der Waals surface area (Å²) in [4.78, 5) is 7.58. The molecule has 3 heterocycles. The Balaban J connectivity index is 1.60. The van der Waals surface area contributed by atoms with Gasteiger partial charge >= 0.3 is 0 Å². The smallest absolute Gasteiger partial charge is 0.199 e. The number of fused-ring (bicyclic) bond motifs is 3. The van der Waals surface area contributed by atoms with Gasteiger partial charge in [0, 0.05) is 12.8 Å². The molecule has 1 aromatic carbocycles. The van der Waals surface area contributed by atoms with Crippen molar-refractivity contribution in [2.75, 3.05) is 19.6 Å². The van der Waals surface area contributed by atoms with Crippen LogP contribution in [0.4, 0.5) is 0 Å². The predicted octanol–water partition coefficient (Wildman–Crippen LogP) is 0.468. The van der Waals surface area contributed by atoms with Gasteiger partial charge < -0.3 is 9.74 Å². The van der Waals surface area contributed by atoms with Crippen molar-refractivity contribution in [1.82, 2.24) is 0 Å². The lowest BCUT2D eigenvalue weighted by Crippen LogP contribution is -3.09. The molecule has 3 atom stereocenters. The predicted molar refractivity (Wildman–Crippen MR) is 65.1 cm³/mol. The molecule has 3 nitrogen and oxygen atoms in total. The van der Waals surface area contributed by atoms with Crippen molar-refractivity contribution in [3.8, 4) is 0 Å². The van der Waals surface area contributed by atoms with E-state index in [9.17, 15) is 0 Å². The van der Waals surface area contributed by atoms with E-state index in [0.717, 1.165) is 24.6 Å². The van der Waals surface area contributed by atoms with E-state index in [-0.39, 0.29) is 5.60 Å². The molecule has 2 bridgehead atoms. The molecule has 0 amide bonds. The van der Waals surface area contributed by atoms with Crippen molar-refractivity contribution >= 4 is 5.71 Å². The molecular formula is C14H17N2O+. The molecule has 0 radical (unpaired) electrons. The molecule has 3 unspecified atom stereocenters. The van der Waals surface area contributed by atoms with Gasteiger partial charge in [0.25, 0.3) is 0 Å². The second-order valence-electron chi connectivity index (χ2n) is 5.60. The summed E-state index contributed by atoms with van der Waals surface area (Å²) < 4.78 is 0. The normalized spacial score (nSPS) is 38.5. The lowest BCUT2D eigenvalue weighted by Gasteiger charge is -2.27. The Morgan fingerprint density at radius 2 is 2.18 bits per heavy atom. The summed E-state index contributed by atoms with van der Waals surface area (Å²) in [7, 11) is 0. The largest absolute Gasteiger partial charge is 0.382 e. The van der Waals surface area contributed by atoms with Crippen molar-refractivity contribution in [1.29, 1.82) is 0 Å². The maximum absolute atomic E-state index is 5.87. The number of benzene rings is 1. The van der Waals surface area contributed by atoms with Crippen LogP contribution in [0.2, 0.25) is 0 Å². The maximum atomic E-state index is 5.87. The van der Waals surface area contributed by atoms with E-state index < -0.39 is 0 Å². The van der Waals surface area contributed by atoms with Gasteiger partial charge in [-0.25, -0.2) is 0 Å². The van der Waals surface area contributed by atoms with Gasteiger partial charge in [-0.15, -0.1) is 0 Å². The van der Waals surface area contributed by atoms with E-state index >= 15 is 0 Å². The summed E-state index contributed by atoms with van der Waals surface area (Å²) in [6.07, 6.45) is 2.32. The molecule has 4 rings (SSSR count). The molecule has 1 aromatic rings. The zero-order valence-corrected chi connectivity index (χ0v) is 9.86. The van der Waals surface area contributed by atoms with E-state index in [1.165, 1.54) is 25.1 Å². The van der Waals surface area contributed by atoms with Crippen molar-refractivity contribution in [2.45, 2.75) is 18.4 Å². The van der Waals surface area contributed by atoms with Crippen molar-refractivity contribution in [3.63, 3.8) is 0 Å². The lowest BCUT2D eigenvalue weighted by molar-refractivity contribution is -0.882. The highest BCUT2D eigenvalue weighted by Gasteiger charge is 2.59. The molecule has 0 aliphatic carbocycles. The molecule has 0 aromatic heterocycles. The third kappa shape index (κ3) is 1.35. The fourth-order valence-electron chi connectivity index (χ4n) is 3.70. The van der Waals surface area contributed by atoms with Gasteiger partial charge in [-0.2, -0.15) is 0 Å². The Labute approximate surface area is 101 Å². The van der Waals surface area contributed by atoms with Crippen molar-refractivity contribution < 1.29 is 9.74 Å². The molecular weight excluding hydrogens is 212 g/mol. The SMILES string of the molecule is c1ccc(C2=NOC3(C2)C[NH+]2CCC3C2)cc1. The second kappa shape index (κ2) is 3.33. The first-order chi connectivity index (χ1) is 8.36. The second-order valence-corrected chi connectivity index (χ2v) is 5.60. The molecule has 1 spiro atoms. The van der Waals surface area contributed by atoms with Crippen LogP contribution in [0.15, 0.2) is 35.5 Å². The zero-order valence-electron chi connectivity index (χ0n) is 9.86. The van der Waals surface area contributed by atoms with Crippen molar-refractivity contribution in [3.05, 3.63) is 35.9 Å².